The van der Waals surface area contributed by atoms with Gasteiger partial charge < -0.3 is 15.3 Å². The molecule has 4 aliphatic carbocycles. The SMILES string of the molecule is CC[C@@H](CC[C@H](C)[C@@H]1C[C@@H](O)C2=C3C(=O)C[C@@H]4C[C@H](O)CC[C@@]4(C)[C@]3(O)CC[C@]21C)C(C)C. The Kier molecular flexibility index (Phi) is 6.73. The molecule has 188 valence electrons. The van der Waals surface area contributed by atoms with Crippen molar-refractivity contribution in [2.24, 2.45) is 40.4 Å². The van der Waals surface area contributed by atoms with E-state index in [2.05, 4.69) is 41.5 Å². The molecule has 0 heterocycles. The van der Waals surface area contributed by atoms with Gasteiger partial charge >= 0.3 is 0 Å². The number of rotatable bonds is 6. The third-order valence-electron chi connectivity index (χ3n) is 11.2. The normalized spacial score (nSPS) is 45.0. The number of carbonyl (C=O) groups is 1. The Morgan fingerprint density at radius 2 is 1.73 bits per heavy atom. The second kappa shape index (κ2) is 8.75. The van der Waals surface area contributed by atoms with Gasteiger partial charge in [-0.1, -0.05) is 54.4 Å². The van der Waals surface area contributed by atoms with Gasteiger partial charge in [0.05, 0.1) is 17.8 Å². The maximum absolute atomic E-state index is 13.6. The lowest BCUT2D eigenvalue weighted by molar-refractivity contribution is -0.161. The highest BCUT2D eigenvalue weighted by Crippen LogP contribution is 2.66. The number of hydrogen-bond donors (Lipinski definition) is 3. The minimum Gasteiger partial charge on any atom is -0.393 e. The fourth-order valence-electron chi connectivity index (χ4n) is 8.81. The summed E-state index contributed by atoms with van der Waals surface area (Å²) in [6.07, 6.45) is 7.11. The number of carbonyl (C=O) groups excluding carboxylic acids is 1. The van der Waals surface area contributed by atoms with Gasteiger partial charge in [-0.05, 0) is 85.5 Å². The molecule has 3 N–H and O–H groups in total. The second-order valence-corrected chi connectivity index (χ2v) is 13.1. The van der Waals surface area contributed by atoms with Gasteiger partial charge in [-0.2, -0.15) is 0 Å². The van der Waals surface area contributed by atoms with E-state index in [0.29, 0.717) is 55.4 Å². The summed E-state index contributed by atoms with van der Waals surface area (Å²) < 4.78 is 0. The lowest BCUT2D eigenvalue weighted by Crippen LogP contribution is -2.62. The van der Waals surface area contributed by atoms with E-state index < -0.39 is 17.1 Å². The van der Waals surface area contributed by atoms with Crippen LogP contribution in [0.4, 0.5) is 0 Å². The fraction of sp³-hybridized carbons (Fsp3) is 0.897. The summed E-state index contributed by atoms with van der Waals surface area (Å²) in [4.78, 5) is 13.6. The molecule has 0 aliphatic heterocycles. The van der Waals surface area contributed by atoms with Crippen molar-refractivity contribution in [3.05, 3.63) is 11.1 Å². The molecule has 0 aromatic rings. The Hall–Kier alpha value is -0.710. The van der Waals surface area contributed by atoms with Crippen LogP contribution in [0.5, 0.6) is 0 Å². The molecule has 0 radical (unpaired) electrons. The van der Waals surface area contributed by atoms with Crippen LogP contribution >= 0.6 is 0 Å². The van der Waals surface area contributed by atoms with Gasteiger partial charge in [0.15, 0.2) is 5.78 Å². The molecule has 33 heavy (non-hydrogen) atoms. The molecule has 0 amide bonds. The topological polar surface area (TPSA) is 77.8 Å². The van der Waals surface area contributed by atoms with Crippen LogP contribution in [0.1, 0.15) is 106 Å². The molecule has 0 aromatic heterocycles. The fourth-order valence-corrected chi connectivity index (χ4v) is 8.81. The monoisotopic (exact) mass is 460 g/mol. The predicted octanol–water partition coefficient (Wildman–Crippen LogP) is 5.43. The molecule has 4 aliphatic rings. The zero-order valence-electron chi connectivity index (χ0n) is 21.9. The highest BCUT2D eigenvalue weighted by atomic mass is 16.3. The molecule has 4 nitrogen and oxygen atoms in total. The summed E-state index contributed by atoms with van der Waals surface area (Å²) in [5.74, 6) is 2.29. The zero-order valence-corrected chi connectivity index (χ0v) is 21.9. The minimum atomic E-state index is -1.17. The van der Waals surface area contributed by atoms with Crippen LogP contribution in [0.15, 0.2) is 11.1 Å². The second-order valence-electron chi connectivity index (χ2n) is 13.1. The van der Waals surface area contributed by atoms with Gasteiger partial charge in [0.2, 0.25) is 0 Å². The van der Waals surface area contributed by atoms with E-state index in [-0.39, 0.29) is 23.2 Å². The van der Waals surface area contributed by atoms with Gasteiger partial charge in [-0.15, -0.1) is 0 Å². The van der Waals surface area contributed by atoms with E-state index >= 15 is 0 Å². The average Bonchev–Trinajstić information content (AvgIpc) is 3.01. The Morgan fingerprint density at radius 1 is 1.03 bits per heavy atom. The molecule has 4 heteroatoms. The number of aliphatic hydroxyl groups excluding tert-OH is 2. The first kappa shape index (κ1) is 25.4. The molecule has 9 atom stereocenters. The van der Waals surface area contributed by atoms with Crippen molar-refractivity contribution in [2.45, 2.75) is 124 Å². The van der Waals surface area contributed by atoms with Crippen LogP contribution in [0.3, 0.4) is 0 Å². The molecule has 0 saturated heterocycles. The van der Waals surface area contributed by atoms with Crippen molar-refractivity contribution in [3.63, 3.8) is 0 Å². The highest BCUT2D eigenvalue weighted by molar-refractivity contribution is 6.00. The van der Waals surface area contributed by atoms with Crippen LogP contribution in [0, 0.1) is 40.4 Å². The van der Waals surface area contributed by atoms with Crippen LogP contribution in [-0.2, 0) is 4.79 Å². The van der Waals surface area contributed by atoms with Gasteiger partial charge in [0, 0.05) is 17.4 Å². The summed E-state index contributed by atoms with van der Waals surface area (Å²) in [6, 6.07) is 0. The van der Waals surface area contributed by atoms with Crippen LogP contribution in [-0.4, -0.2) is 38.9 Å². The first-order valence-electron chi connectivity index (χ1n) is 13.8. The number of fused-ring (bicyclic) bond motifs is 4. The van der Waals surface area contributed by atoms with E-state index in [4.69, 9.17) is 0 Å². The molecule has 0 spiro atoms. The van der Waals surface area contributed by atoms with Crippen LogP contribution in [0.2, 0.25) is 0 Å². The van der Waals surface area contributed by atoms with E-state index in [9.17, 15) is 20.1 Å². The summed E-state index contributed by atoms with van der Waals surface area (Å²) in [5, 5.41) is 33.8. The largest absolute Gasteiger partial charge is 0.393 e. The third kappa shape index (κ3) is 3.78. The van der Waals surface area contributed by atoms with Crippen LogP contribution < -0.4 is 0 Å². The first-order chi connectivity index (χ1) is 15.4. The number of hydrogen-bond acceptors (Lipinski definition) is 4. The molecular weight excluding hydrogens is 412 g/mol. The Balaban J connectivity index is 1.67. The van der Waals surface area contributed by atoms with Gasteiger partial charge in [-0.3, -0.25) is 4.79 Å². The number of aliphatic hydroxyl groups is 3. The van der Waals surface area contributed by atoms with Crippen molar-refractivity contribution >= 4 is 5.78 Å². The number of Topliss-reactive ketones (excluding diaryl/α,β-unsaturated/α-hetero) is 1. The molecule has 0 bridgehead atoms. The van der Waals surface area contributed by atoms with Crippen molar-refractivity contribution in [1.82, 2.24) is 0 Å². The number of ketones is 1. The maximum Gasteiger partial charge on any atom is 0.162 e. The average molecular weight is 461 g/mol. The van der Waals surface area contributed by atoms with Gasteiger partial charge in [-0.25, -0.2) is 0 Å². The molecule has 3 fully saturated rings. The van der Waals surface area contributed by atoms with E-state index in [0.717, 1.165) is 30.8 Å². The van der Waals surface area contributed by atoms with Crippen molar-refractivity contribution in [2.75, 3.05) is 0 Å². The molecule has 0 unspecified atom stereocenters. The van der Waals surface area contributed by atoms with Crippen molar-refractivity contribution < 1.29 is 20.1 Å². The predicted molar refractivity (Wildman–Crippen MR) is 132 cm³/mol. The maximum atomic E-state index is 13.6. The Labute approximate surface area is 201 Å². The minimum absolute atomic E-state index is 0.0164. The lowest BCUT2D eigenvalue weighted by Gasteiger charge is -2.60. The molecular formula is C29H48O4. The van der Waals surface area contributed by atoms with Gasteiger partial charge in [0.1, 0.15) is 0 Å². The van der Waals surface area contributed by atoms with E-state index in [1.165, 1.54) is 12.8 Å². The summed E-state index contributed by atoms with van der Waals surface area (Å²) in [7, 11) is 0. The van der Waals surface area contributed by atoms with E-state index in [1.54, 1.807) is 0 Å². The standard InChI is InChI=1S/C29H48O4/c1-7-19(17(2)3)9-8-18(4)22-16-24(32)25-26-23(31)15-20-14-21(30)10-11-28(20,6)29(26,33)13-12-27(22,25)5/h17-22,24,30,32-33H,7-16H2,1-6H3/t18-,19-,20-,21+,22-,24+,27-,28+,29-/m0/s1. The van der Waals surface area contributed by atoms with E-state index in [1.807, 2.05) is 0 Å². The lowest BCUT2D eigenvalue weighted by atomic mass is 9.46. The Morgan fingerprint density at radius 3 is 2.36 bits per heavy atom. The summed E-state index contributed by atoms with van der Waals surface area (Å²) >= 11 is 0. The zero-order chi connectivity index (χ0) is 24.3. The van der Waals surface area contributed by atoms with Crippen molar-refractivity contribution in [1.29, 1.82) is 0 Å². The summed E-state index contributed by atoms with van der Waals surface area (Å²) in [6.45, 7) is 13.7. The van der Waals surface area contributed by atoms with Crippen LogP contribution in [0.25, 0.3) is 0 Å². The quantitative estimate of drug-likeness (QED) is 0.494. The summed E-state index contributed by atoms with van der Waals surface area (Å²) in [5.41, 5.74) is -0.347. The molecule has 4 rings (SSSR count). The third-order valence-corrected chi connectivity index (χ3v) is 11.2. The van der Waals surface area contributed by atoms with Crippen molar-refractivity contribution in [3.8, 4) is 0 Å². The molecule has 3 saturated carbocycles. The van der Waals surface area contributed by atoms with Gasteiger partial charge in [0.25, 0.3) is 0 Å². The first-order valence-corrected chi connectivity index (χ1v) is 13.8. The molecule has 0 aromatic carbocycles. The Bertz CT molecular complexity index is 801. The smallest absolute Gasteiger partial charge is 0.162 e. The highest BCUT2D eigenvalue weighted by Gasteiger charge is 2.66.